The van der Waals surface area contributed by atoms with Gasteiger partial charge in [0.15, 0.2) is 5.16 Å². The van der Waals surface area contributed by atoms with Crippen molar-refractivity contribution in [3.05, 3.63) is 12.4 Å². The molecule has 1 N–H and O–H groups in total. The van der Waals surface area contributed by atoms with E-state index in [1.807, 2.05) is 0 Å². The number of thioether (sulfide) groups is 1. The van der Waals surface area contributed by atoms with E-state index in [4.69, 9.17) is 18.0 Å². The van der Waals surface area contributed by atoms with Gasteiger partial charge in [-0.1, -0.05) is 17.7 Å². The third-order valence-corrected chi connectivity index (χ3v) is 4.41. The first-order chi connectivity index (χ1) is 9.43. The average molecular weight is 324 g/mol. The van der Waals surface area contributed by atoms with E-state index in [1.54, 1.807) is 17.0 Å². The van der Waals surface area contributed by atoms with Crippen molar-refractivity contribution < 1.29 is 13.2 Å². The molecule has 3 nitrogen and oxygen atoms in total. The van der Waals surface area contributed by atoms with Gasteiger partial charge in [-0.25, -0.2) is 4.98 Å². The molecule has 0 spiro atoms. The number of terminal acetylenes is 1. The molecule has 0 radical (unpaired) electrons. The zero-order chi connectivity index (χ0) is 14.8. The molecule has 3 atom stereocenters. The summed E-state index contributed by atoms with van der Waals surface area (Å²) in [5, 5.41) is 2.84. The number of hydrogen-bond acceptors (Lipinski definition) is 3. The van der Waals surface area contributed by atoms with Gasteiger partial charge < -0.3 is 4.57 Å². The monoisotopic (exact) mass is 323 g/mol. The van der Waals surface area contributed by atoms with E-state index >= 15 is 0 Å². The van der Waals surface area contributed by atoms with Crippen LogP contribution >= 0.6 is 23.4 Å². The number of halogens is 4. The molecule has 0 amide bonds. The second-order valence-corrected chi connectivity index (χ2v) is 5.96. The number of imidazole rings is 1. The Morgan fingerprint density at radius 2 is 2.35 bits per heavy atom. The lowest BCUT2D eigenvalue weighted by atomic mass is 9.97. The van der Waals surface area contributed by atoms with Crippen LogP contribution < -0.4 is 5.32 Å². The quantitative estimate of drug-likeness (QED) is 0.527. The van der Waals surface area contributed by atoms with Crippen molar-refractivity contribution in [2.75, 3.05) is 12.3 Å². The second-order valence-electron chi connectivity index (χ2n) is 4.45. The van der Waals surface area contributed by atoms with Crippen molar-refractivity contribution >= 4 is 23.4 Å². The van der Waals surface area contributed by atoms with Crippen molar-refractivity contribution in [2.24, 2.45) is 5.92 Å². The molecule has 2 rings (SSSR count). The van der Waals surface area contributed by atoms with Crippen LogP contribution in [0.1, 0.15) is 12.6 Å². The molecule has 1 aliphatic heterocycles. The Kier molecular flexibility index (Phi) is 4.89. The smallest absolute Gasteiger partial charge is 0.308 e. The number of hydrogen-bond donors (Lipinski definition) is 1. The minimum absolute atomic E-state index is 0.111. The molecule has 0 bridgehead atoms. The lowest BCUT2D eigenvalue weighted by molar-refractivity contribution is -0.180. The summed E-state index contributed by atoms with van der Waals surface area (Å²) in [5.41, 5.74) is 0. The Balaban J connectivity index is 2.08. The van der Waals surface area contributed by atoms with Crippen molar-refractivity contribution in [1.29, 1.82) is 0 Å². The van der Waals surface area contributed by atoms with Crippen LogP contribution in [-0.4, -0.2) is 33.4 Å². The SMILES string of the molecule is C#CCSc1nccn1C1NCC(C(F)(F)F)CC1Cl. The predicted molar refractivity (Wildman–Crippen MR) is 72.6 cm³/mol. The van der Waals surface area contributed by atoms with Gasteiger partial charge in [-0.3, -0.25) is 5.32 Å². The Bertz CT molecular complexity index is 497. The van der Waals surface area contributed by atoms with Crippen molar-refractivity contribution in [3.63, 3.8) is 0 Å². The highest BCUT2D eigenvalue weighted by molar-refractivity contribution is 7.99. The van der Waals surface area contributed by atoms with Gasteiger partial charge in [-0.2, -0.15) is 13.2 Å². The molecule has 0 aromatic carbocycles. The van der Waals surface area contributed by atoms with Gasteiger partial charge in [0.1, 0.15) is 6.17 Å². The van der Waals surface area contributed by atoms with E-state index in [-0.39, 0.29) is 13.0 Å². The fourth-order valence-electron chi connectivity index (χ4n) is 2.13. The first-order valence-electron chi connectivity index (χ1n) is 5.96. The van der Waals surface area contributed by atoms with E-state index in [2.05, 4.69) is 16.2 Å². The number of alkyl halides is 4. The minimum Gasteiger partial charge on any atom is -0.308 e. The lowest BCUT2D eigenvalue weighted by Gasteiger charge is -2.35. The topological polar surface area (TPSA) is 29.9 Å². The van der Waals surface area contributed by atoms with E-state index in [0.29, 0.717) is 10.9 Å². The van der Waals surface area contributed by atoms with Crippen LogP contribution in [0.15, 0.2) is 17.6 Å². The molecule has 2 heterocycles. The fraction of sp³-hybridized carbons (Fsp3) is 0.583. The number of aromatic nitrogens is 2. The molecule has 1 aromatic heterocycles. The molecule has 1 saturated heterocycles. The molecule has 20 heavy (non-hydrogen) atoms. The van der Waals surface area contributed by atoms with Gasteiger partial charge in [0, 0.05) is 18.9 Å². The molecule has 1 aromatic rings. The molecular weight excluding hydrogens is 311 g/mol. The Hall–Kier alpha value is -0.840. The standard InChI is InChI=1S/C12H13ClF3N3S/c1-2-5-20-11-17-3-4-19(11)10-9(13)6-8(7-18-10)12(14,15)16/h1,3-4,8-10,18H,5-7H2. The van der Waals surface area contributed by atoms with Crippen LogP contribution in [0.3, 0.4) is 0 Å². The first kappa shape index (κ1) is 15.5. The molecular formula is C12H13ClF3N3S. The minimum atomic E-state index is -4.22. The van der Waals surface area contributed by atoms with Crippen LogP contribution in [0.4, 0.5) is 13.2 Å². The molecule has 0 aliphatic carbocycles. The largest absolute Gasteiger partial charge is 0.393 e. The predicted octanol–water partition coefficient (Wildman–Crippen LogP) is 2.89. The van der Waals surface area contributed by atoms with Gasteiger partial charge in [-0.15, -0.1) is 18.0 Å². The fourth-order valence-corrected chi connectivity index (χ4v) is 3.22. The maximum Gasteiger partial charge on any atom is 0.393 e. The summed E-state index contributed by atoms with van der Waals surface area (Å²) >= 11 is 7.47. The first-order valence-corrected chi connectivity index (χ1v) is 7.39. The molecule has 1 fully saturated rings. The van der Waals surface area contributed by atoms with Gasteiger partial charge >= 0.3 is 6.18 Å². The summed E-state index contributed by atoms with van der Waals surface area (Å²) in [7, 11) is 0. The average Bonchev–Trinajstić information content (AvgIpc) is 2.83. The third kappa shape index (κ3) is 3.43. The summed E-state index contributed by atoms with van der Waals surface area (Å²) in [4.78, 5) is 4.14. The summed E-state index contributed by atoms with van der Waals surface area (Å²) in [5.74, 6) is 1.52. The Labute approximate surface area is 124 Å². The molecule has 110 valence electrons. The van der Waals surface area contributed by atoms with Crippen LogP contribution in [0.2, 0.25) is 0 Å². The lowest BCUT2D eigenvalue weighted by Crippen LogP contribution is -2.47. The van der Waals surface area contributed by atoms with Crippen molar-refractivity contribution in [1.82, 2.24) is 14.9 Å². The maximum absolute atomic E-state index is 12.7. The van der Waals surface area contributed by atoms with Crippen molar-refractivity contribution in [2.45, 2.75) is 29.3 Å². The summed E-state index contributed by atoms with van der Waals surface area (Å²) in [6.45, 7) is -0.144. The highest BCUT2D eigenvalue weighted by Crippen LogP contribution is 2.37. The van der Waals surface area contributed by atoms with Crippen LogP contribution in [-0.2, 0) is 0 Å². The summed E-state index contributed by atoms with van der Waals surface area (Å²) in [6.07, 6.45) is 3.73. The zero-order valence-electron chi connectivity index (χ0n) is 10.4. The van der Waals surface area contributed by atoms with Gasteiger partial charge in [0.05, 0.1) is 17.0 Å². The summed E-state index contributed by atoms with van der Waals surface area (Å²) < 4.78 is 39.8. The number of rotatable bonds is 3. The van der Waals surface area contributed by atoms with Crippen LogP contribution in [0.5, 0.6) is 0 Å². The van der Waals surface area contributed by atoms with Gasteiger partial charge in [0.25, 0.3) is 0 Å². The third-order valence-electron chi connectivity index (χ3n) is 3.11. The highest BCUT2D eigenvalue weighted by atomic mass is 35.5. The summed E-state index contributed by atoms with van der Waals surface area (Å²) in [6, 6.07) is 0. The number of piperidine rings is 1. The maximum atomic E-state index is 12.7. The second kappa shape index (κ2) is 6.29. The molecule has 0 saturated carbocycles. The number of nitrogens with zero attached hydrogens (tertiary/aromatic N) is 2. The van der Waals surface area contributed by atoms with E-state index < -0.39 is 23.6 Å². The van der Waals surface area contributed by atoms with Crippen LogP contribution in [0, 0.1) is 18.3 Å². The highest BCUT2D eigenvalue weighted by Gasteiger charge is 2.45. The van der Waals surface area contributed by atoms with Crippen molar-refractivity contribution in [3.8, 4) is 12.3 Å². The van der Waals surface area contributed by atoms with E-state index in [0.717, 1.165) is 0 Å². The molecule has 8 heteroatoms. The molecule has 1 aliphatic rings. The Morgan fingerprint density at radius 1 is 1.60 bits per heavy atom. The number of nitrogens with one attached hydrogen (secondary N) is 1. The normalized spacial score (nSPS) is 27.2. The van der Waals surface area contributed by atoms with Gasteiger partial charge in [0.2, 0.25) is 0 Å². The van der Waals surface area contributed by atoms with Gasteiger partial charge in [-0.05, 0) is 6.42 Å². The van der Waals surface area contributed by atoms with E-state index in [1.165, 1.54) is 11.8 Å². The Morgan fingerprint density at radius 3 is 2.95 bits per heavy atom. The molecule has 3 unspecified atom stereocenters. The van der Waals surface area contributed by atoms with Crippen LogP contribution in [0.25, 0.3) is 0 Å². The zero-order valence-corrected chi connectivity index (χ0v) is 12.0. The van der Waals surface area contributed by atoms with E-state index in [9.17, 15) is 13.2 Å².